The molecule has 3 aromatic rings. The predicted molar refractivity (Wildman–Crippen MR) is 115 cm³/mol. The van der Waals surface area contributed by atoms with Gasteiger partial charge in [0.2, 0.25) is 0 Å². The van der Waals surface area contributed by atoms with Gasteiger partial charge in [-0.2, -0.15) is 0 Å². The lowest BCUT2D eigenvalue weighted by molar-refractivity contribution is 0.122. The molecule has 29 heavy (non-hydrogen) atoms. The van der Waals surface area contributed by atoms with Gasteiger partial charge in [0.1, 0.15) is 22.8 Å². The van der Waals surface area contributed by atoms with E-state index in [1.807, 2.05) is 0 Å². The molecule has 5 heterocycles. The van der Waals surface area contributed by atoms with Crippen molar-refractivity contribution < 1.29 is 9.47 Å². The largest absolute Gasteiger partial charge is 0.378 e. The van der Waals surface area contributed by atoms with Crippen LogP contribution in [0.25, 0.3) is 20.4 Å². The van der Waals surface area contributed by atoms with Gasteiger partial charge in [0.15, 0.2) is 0 Å². The number of aromatic nitrogens is 3. The molecule has 0 atom stereocenters. The zero-order valence-electron chi connectivity index (χ0n) is 16.5. The first-order valence-corrected chi connectivity index (χ1v) is 11.5. The van der Waals surface area contributed by atoms with Crippen molar-refractivity contribution in [1.82, 2.24) is 15.0 Å². The Morgan fingerprint density at radius 3 is 2.17 bits per heavy atom. The first kappa shape index (κ1) is 17.8. The second-order valence-corrected chi connectivity index (χ2v) is 8.95. The highest BCUT2D eigenvalue weighted by Crippen LogP contribution is 2.43. The molecule has 1 aliphatic carbocycles. The minimum atomic E-state index is 0.755. The first-order valence-electron chi connectivity index (χ1n) is 10.6. The van der Waals surface area contributed by atoms with Gasteiger partial charge >= 0.3 is 0 Å². The van der Waals surface area contributed by atoms with Crippen LogP contribution in [-0.4, -0.2) is 67.6 Å². The Bertz CT molecular complexity index is 1060. The highest BCUT2D eigenvalue weighted by atomic mass is 32.1. The molecule has 2 fully saturated rings. The fraction of sp³-hybridized carbons (Fsp3) is 0.571. The third-order valence-corrected chi connectivity index (χ3v) is 7.37. The number of ether oxygens (including phenoxy) is 2. The normalized spacial score (nSPS) is 20.4. The molecule has 6 rings (SSSR count). The van der Waals surface area contributed by atoms with Gasteiger partial charge in [-0.1, -0.05) is 0 Å². The topological polar surface area (TPSA) is 63.6 Å². The van der Waals surface area contributed by atoms with Gasteiger partial charge in [0, 0.05) is 31.6 Å². The summed E-state index contributed by atoms with van der Waals surface area (Å²) in [5, 5.41) is 1.27. The van der Waals surface area contributed by atoms with Crippen molar-refractivity contribution in [2.45, 2.75) is 25.7 Å². The summed E-state index contributed by atoms with van der Waals surface area (Å²) < 4.78 is 12.3. The SMILES string of the molecule is c1nc(N2CCOCC2)c2sc3nc(N4CCOCC4)c4c(c3c2n1)CCCC4. The number of hydrogen-bond donors (Lipinski definition) is 0. The Hall–Kier alpha value is -2.03. The van der Waals surface area contributed by atoms with E-state index in [4.69, 9.17) is 19.4 Å². The van der Waals surface area contributed by atoms with E-state index in [0.717, 1.165) is 81.6 Å². The Balaban J connectivity index is 1.57. The van der Waals surface area contributed by atoms with Crippen LogP contribution in [0.4, 0.5) is 11.6 Å². The number of thiophene rings is 1. The fourth-order valence-electron chi connectivity index (χ4n) is 4.87. The molecule has 3 aromatic heterocycles. The van der Waals surface area contributed by atoms with E-state index in [1.54, 1.807) is 17.7 Å². The highest BCUT2D eigenvalue weighted by Gasteiger charge is 2.27. The van der Waals surface area contributed by atoms with Gasteiger partial charge in [-0.15, -0.1) is 11.3 Å². The smallest absolute Gasteiger partial charge is 0.150 e. The summed E-state index contributed by atoms with van der Waals surface area (Å²) in [6, 6.07) is 0. The predicted octanol–water partition coefficient (Wildman–Crippen LogP) is 2.79. The molecule has 8 heteroatoms. The van der Waals surface area contributed by atoms with E-state index in [2.05, 4.69) is 14.8 Å². The van der Waals surface area contributed by atoms with E-state index in [-0.39, 0.29) is 0 Å². The van der Waals surface area contributed by atoms with Gasteiger partial charge in [0.25, 0.3) is 0 Å². The number of morpholine rings is 2. The number of anilines is 2. The lowest BCUT2D eigenvalue weighted by atomic mass is 9.90. The van der Waals surface area contributed by atoms with Gasteiger partial charge in [-0.3, -0.25) is 0 Å². The van der Waals surface area contributed by atoms with Crippen LogP contribution < -0.4 is 9.80 Å². The van der Waals surface area contributed by atoms with Crippen LogP contribution in [0.5, 0.6) is 0 Å². The minimum absolute atomic E-state index is 0.755. The van der Waals surface area contributed by atoms with Gasteiger partial charge < -0.3 is 19.3 Å². The van der Waals surface area contributed by atoms with Crippen LogP contribution in [0.2, 0.25) is 0 Å². The fourth-order valence-corrected chi connectivity index (χ4v) is 6.04. The maximum Gasteiger partial charge on any atom is 0.150 e. The number of aryl methyl sites for hydroxylation is 1. The van der Waals surface area contributed by atoms with Crippen LogP contribution in [0, 0.1) is 0 Å². The summed E-state index contributed by atoms with van der Waals surface area (Å²) in [7, 11) is 0. The molecule has 2 aliphatic heterocycles. The van der Waals surface area contributed by atoms with Gasteiger partial charge in [-0.05, 0) is 36.8 Å². The first-order chi connectivity index (χ1) is 14.4. The van der Waals surface area contributed by atoms with Crippen LogP contribution in [0.3, 0.4) is 0 Å². The lowest BCUT2D eigenvalue weighted by Gasteiger charge is -2.31. The maximum absolute atomic E-state index is 5.58. The van der Waals surface area contributed by atoms with Crippen molar-refractivity contribution in [3.05, 3.63) is 17.5 Å². The van der Waals surface area contributed by atoms with Crippen molar-refractivity contribution in [3.8, 4) is 0 Å². The summed E-state index contributed by atoms with van der Waals surface area (Å²) in [4.78, 5) is 20.5. The van der Waals surface area contributed by atoms with Crippen molar-refractivity contribution in [3.63, 3.8) is 0 Å². The Morgan fingerprint density at radius 2 is 1.45 bits per heavy atom. The third kappa shape index (κ3) is 2.96. The van der Waals surface area contributed by atoms with Crippen LogP contribution in [-0.2, 0) is 22.3 Å². The van der Waals surface area contributed by atoms with E-state index >= 15 is 0 Å². The summed E-state index contributed by atoms with van der Waals surface area (Å²) in [6.07, 6.45) is 6.45. The number of pyridine rings is 1. The quantitative estimate of drug-likeness (QED) is 0.642. The van der Waals surface area contributed by atoms with Crippen molar-refractivity contribution >= 4 is 43.4 Å². The molecule has 3 aliphatic rings. The average Bonchev–Trinajstić information content (AvgIpc) is 3.18. The molecule has 0 aromatic carbocycles. The zero-order chi connectivity index (χ0) is 19.2. The van der Waals surface area contributed by atoms with Crippen molar-refractivity contribution in [2.75, 3.05) is 62.4 Å². The van der Waals surface area contributed by atoms with Gasteiger partial charge in [0.05, 0.1) is 36.6 Å². The zero-order valence-corrected chi connectivity index (χ0v) is 17.3. The van der Waals surface area contributed by atoms with E-state index in [9.17, 15) is 0 Å². The van der Waals surface area contributed by atoms with Crippen molar-refractivity contribution in [2.24, 2.45) is 0 Å². The molecule has 152 valence electrons. The number of rotatable bonds is 2. The second kappa shape index (κ2) is 7.34. The molecule has 0 N–H and O–H groups in total. The summed E-state index contributed by atoms with van der Waals surface area (Å²) >= 11 is 1.76. The molecular weight excluding hydrogens is 386 g/mol. The third-order valence-electron chi connectivity index (χ3n) is 6.30. The van der Waals surface area contributed by atoms with E-state index in [1.165, 1.54) is 39.9 Å². The summed E-state index contributed by atoms with van der Waals surface area (Å²) in [5.41, 5.74) is 4.00. The monoisotopic (exact) mass is 411 g/mol. The maximum atomic E-state index is 5.58. The van der Waals surface area contributed by atoms with Gasteiger partial charge in [-0.25, -0.2) is 15.0 Å². The van der Waals surface area contributed by atoms with E-state index in [0.29, 0.717) is 0 Å². The lowest BCUT2D eigenvalue weighted by Crippen LogP contribution is -2.37. The van der Waals surface area contributed by atoms with E-state index < -0.39 is 0 Å². The minimum Gasteiger partial charge on any atom is -0.378 e. The number of fused-ring (bicyclic) bond motifs is 5. The van der Waals surface area contributed by atoms with Crippen LogP contribution >= 0.6 is 11.3 Å². The molecule has 0 saturated carbocycles. The van der Waals surface area contributed by atoms with Crippen LogP contribution in [0.1, 0.15) is 24.0 Å². The summed E-state index contributed by atoms with van der Waals surface area (Å²) in [6.45, 7) is 6.69. The number of nitrogens with zero attached hydrogens (tertiary/aromatic N) is 5. The second-order valence-electron chi connectivity index (χ2n) is 7.96. The molecule has 0 bridgehead atoms. The highest BCUT2D eigenvalue weighted by molar-refractivity contribution is 7.26. The Labute approximate surface area is 173 Å². The Morgan fingerprint density at radius 1 is 0.793 bits per heavy atom. The van der Waals surface area contributed by atoms with Crippen molar-refractivity contribution in [1.29, 1.82) is 0 Å². The van der Waals surface area contributed by atoms with Crippen LogP contribution in [0.15, 0.2) is 6.33 Å². The average molecular weight is 412 g/mol. The summed E-state index contributed by atoms with van der Waals surface area (Å²) in [5.74, 6) is 2.22. The number of hydrogen-bond acceptors (Lipinski definition) is 8. The molecular formula is C21H25N5O2S. The molecule has 7 nitrogen and oxygen atoms in total. The molecule has 0 spiro atoms. The Kier molecular flexibility index (Phi) is 4.50. The standard InChI is InChI=1S/C21H25N5O2S/c1-2-4-15-14(3-1)16-17-18(20(23-13-22-17)26-7-11-28-12-8-26)29-21(16)24-19(15)25-5-9-27-10-6-25/h13H,1-12H2. The molecule has 0 amide bonds. The molecule has 0 radical (unpaired) electrons. The molecule has 2 saturated heterocycles. The molecule has 0 unspecified atom stereocenters.